The SMILES string of the molecule is Cc1cc(N=[N+]=[N-])nc(N(C)S(=O)(=O)c2ccccc2)n1. The van der Waals surface area contributed by atoms with Gasteiger partial charge in [-0.15, -0.1) is 0 Å². The van der Waals surface area contributed by atoms with Crippen molar-refractivity contribution in [2.45, 2.75) is 11.8 Å². The van der Waals surface area contributed by atoms with Crippen molar-refractivity contribution in [3.8, 4) is 0 Å². The summed E-state index contributed by atoms with van der Waals surface area (Å²) in [6.45, 7) is 1.66. The smallest absolute Gasteiger partial charge is 0.237 e. The molecule has 0 bridgehead atoms. The van der Waals surface area contributed by atoms with Crippen LogP contribution in [0, 0.1) is 6.92 Å². The van der Waals surface area contributed by atoms with Crippen LogP contribution in [0.15, 0.2) is 46.4 Å². The van der Waals surface area contributed by atoms with E-state index in [4.69, 9.17) is 5.53 Å². The van der Waals surface area contributed by atoms with Crippen LogP contribution < -0.4 is 4.31 Å². The summed E-state index contributed by atoms with van der Waals surface area (Å²) in [6, 6.07) is 9.41. The largest absolute Gasteiger partial charge is 0.266 e. The number of hydrogen-bond donors (Lipinski definition) is 0. The van der Waals surface area contributed by atoms with E-state index in [9.17, 15) is 8.42 Å². The van der Waals surface area contributed by atoms with Gasteiger partial charge in [0, 0.05) is 17.7 Å². The maximum Gasteiger partial charge on any atom is 0.266 e. The van der Waals surface area contributed by atoms with Gasteiger partial charge in [-0.25, -0.2) is 22.7 Å². The van der Waals surface area contributed by atoms with Crippen molar-refractivity contribution in [2.75, 3.05) is 11.4 Å². The average molecular weight is 304 g/mol. The number of anilines is 1. The normalized spacial score (nSPS) is 10.8. The molecular formula is C12H12N6O2S. The van der Waals surface area contributed by atoms with Gasteiger partial charge >= 0.3 is 0 Å². The second-order valence-corrected chi connectivity index (χ2v) is 6.11. The van der Waals surface area contributed by atoms with E-state index in [2.05, 4.69) is 20.0 Å². The molecule has 0 amide bonds. The molecule has 0 aliphatic rings. The highest BCUT2D eigenvalue weighted by Gasteiger charge is 2.23. The molecule has 0 unspecified atom stereocenters. The van der Waals surface area contributed by atoms with E-state index in [-0.39, 0.29) is 16.7 Å². The summed E-state index contributed by atoms with van der Waals surface area (Å²) in [7, 11) is -2.42. The summed E-state index contributed by atoms with van der Waals surface area (Å²) in [4.78, 5) is 10.8. The molecule has 2 rings (SSSR count). The van der Waals surface area contributed by atoms with Gasteiger partial charge in [-0.2, -0.15) is 0 Å². The van der Waals surface area contributed by atoms with E-state index in [0.717, 1.165) is 4.31 Å². The Bertz CT molecular complexity index is 800. The third kappa shape index (κ3) is 3.10. The predicted octanol–water partition coefficient (Wildman–Crippen LogP) is 2.55. The Kier molecular flexibility index (Phi) is 4.06. The maximum atomic E-state index is 12.5. The van der Waals surface area contributed by atoms with Crippen molar-refractivity contribution in [2.24, 2.45) is 5.11 Å². The van der Waals surface area contributed by atoms with Gasteiger partial charge in [0.1, 0.15) is 5.82 Å². The van der Waals surface area contributed by atoms with Gasteiger partial charge in [0.15, 0.2) is 0 Å². The Hall–Kier alpha value is -2.64. The number of azide groups is 1. The average Bonchev–Trinajstić information content (AvgIpc) is 2.47. The molecule has 0 fully saturated rings. The molecule has 0 atom stereocenters. The Labute approximate surface area is 121 Å². The van der Waals surface area contributed by atoms with Crippen LogP contribution in [0.25, 0.3) is 10.4 Å². The van der Waals surface area contributed by atoms with Gasteiger partial charge < -0.3 is 0 Å². The molecule has 0 spiro atoms. The highest BCUT2D eigenvalue weighted by atomic mass is 32.2. The van der Waals surface area contributed by atoms with Crippen LogP contribution in [-0.2, 0) is 10.0 Å². The third-order valence-corrected chi connectivity index (χ3v) is 4.41. The molecule has 0 aliphatic heterocycles. The van der Waals surface area contributed by atoms with Crippen molar-refractivity contribution in [3.63, 3.8) is 0 Å². The number of benzene rings is 1. The van der Waals surface area contributed by atoms with Crippen molar-refractivity contribution < 1.29 is 8.42 Å². The van der Waals surface area contributed by atoms with Crippen LogP contribution in [0.4, 0.5) is 11.8 Å². The van der Waals surface area contributed by atoms with Gasteiger partial charge in [-0.1, -0.05) is 18.2 Å². The maximum absolute atomic E-state index is 12.5. The molecule has 0 aliphatic carbocycles. The minimum absolute atomic E-state index is 0.0544. The highest BCUT2D eigenvalue weighted by molar-refractivity contribution is 7.92. The lowest BCUT2D eigenvalue weighted by Crippen LogP contribution is -2.28. The molecule has 21 heavy (non-hydrogen) atoms. The third-order valence-electron chi connectivity index (χ3n) is 2.66. The zero-order valence-corrected chi connectivity index (χ0v) is 12.2. The molecule has 0 saturated carbocycles. The standard InChI is InChI=1S/C12H12N6O2S/c1-9-8-11(16-17-13)15-12(14-9)18(2)21(19,20)10-6-4-3-5-7-10/h3-8H,1-2H3. The zero-order chi connectivity index (χ0) is 15.5. The first-order chi connectivity index (χ1) is 9.95. The number of hydrogen-bond acceptors (Lipinski definition) is 5. The van der Waals surface area contributed by atoms with Crippen LogP contribution in [-0.4, -0.2) is 25.4 Å². The molecule has 1 aromatic heterocycles. The summed E-state index contributed by atoms with van der Waals surface area (Å²) in [5.41, 5.74) is 8.94. The van der Waals surface area contributed by atoms with E-state index in [1.54, 1.807) is 25.1 Å². The molecule has 8 nitrogen and oxygen atoms in total. The highest BCUT2D eigenvalue weighted by Crippen LogP contribution is 2.21. The van der Waals surface area contributed by atoms with Crippen molar-refractivity contribution in [1.29, 1.82) is 0 Å². The number of nitrogens with zero attached hydrogens (tertiary/aromatic N) is 6. The van der Waals surface area contributed by atoms with Crippen molar-refractivity contribution in [1.82, 2.24) is 9.97 Å². The first-order valence-electron chi connectivity index (χ1n) is 5.90. The number of sulfonamides is 1. The molecular weight excluding hydrogens is 292 g/mol. The topological polar surface area (TPSA) is 112 Å². The van der Waals surface area contributed by atoms with Crippen LogP contribution >= 0.6 is 0 Å². The molecule has 9 heteroatoms. The Morgan fingerprint density at radius 3 is 2.52 bits per heavy atom. The summed E-state index contributed by atoms with van der Waals surface area (Å²) in [5, 5.41) is 3.37. The summed E-state index contributed by atoms with van der Waals surface area (Å²) >= 11 is 0. The molecule has 1 heterocycles. The lowest BCUT2D eigenvalue weighted by molar-refractivity contribution is 0.593. The van der Waals surface area contributed by atoms with E-state index in [0.29, 0.717) is 5.69 Å². The van der Waals surface area contributed by atoms with Crippen LogP contribution in [0.2, 0.25) is 0 Å². The van der Waals surface area contributed by atoms with Crippen LogP contribution in [0.1, 0.15) is 5.69 Å². The monoisotopic (exact) mass is 304 g/mol. The minimum atomic E-state index is -3.77. The quantitative estimate of drug-likeness (QED) is 0.490. The molecule has 0 radical (unpaired) electrons. The van der Waals surface area contributed by atoms with Crippen LogP contribution in [0.3, 0.4) is 0 Å². The van der Waals surface area contributed by atoms with Gasteiger partial charge in [0.25, 0.3) is 10.0 Å². The summed E-state index contributed by atoms with van der Waals surface area (Å²) < 4.78 is 25.9. The lowest BCUT2D eigenvalue weighted by atomic mass is 10.4. The zero-order valence-electron chi connectivity index (χ0n) is 11.4. The van der Waals surface area contributed by atoms with E-state index in [1.165, 1.54) is 25.2 Å². The summed E-state index contributed by atoms with van der Waals surface area (Å²) in [5.74, 6) is 0.0105. The second kappa shape index (κ2) is 5.78. The van der Waals surface area contributed by atoms with Crippen LogP contribution in [0.5, 0.6) is 0 Å². The molecule has 2 aromatic rings. The van der Waals surface area contributed by atoms with Crippen molar-refractivity contribution in [3.05, 3.63) is 52.5 Å². The van der Waals surface area contributed by atoms with E-state index < -0.39 is 10.0 Å². The predicted molar refractivity (Wildman–Crippen MR) is 77.6 cm³/mol. The first kappa shape index (κ1) is 14.8. The fraction of sp³-hybridized carbons (Fsp3) is 0.167. The fourth-order valence-electron chi connectivity index (χ4n) is 1.63. The minimum Gasteiger partial charge on any atom is -0.237 e. The van der Waals surface area contributed by atoms with E-state index >= 15 is 0 Å². The Morgan fingerprint density at radius 1 is 1.24 bits per heavy atom. The molecule has 108 valence electrons. The van der Waals surface area contributed by atoms with Gasteiger partial charge in [-0.05, 0) is 35.8 Å². The van der Waals surface area contributed by atoms with Gasteiger partial charge in [0.2, 0.25) is 5.95 Å². The number of aryl methyl sites for hydroxylation is 1. The van der Waals surface area contributed by atoms with Crippen molar-refractivity contribution >= 4 is 21.8 Å². The number of rotatable bonds is 4. The second-order valence-electron chi connectivity index (χ2n) is 4.14. The fourth-order valence-corrected chi connectivity index (χ4v) is 2.75. The van der Waals surface area contributed by atoms with Gasteiger partial charge in [-0.3, -0.25) is 0 Å². The Morgan fingerprint density at radius 2 is 1.90 bits per heavy atom. The lowest BCUT2D eigenvalue weighted by Gasteiger charge is -2.17. The molecule has 1 aromatic carbocycles. The molecule has 0 N–H and O–H groups in total. The van der Waals surface area contributed by atoms with Gasteiger partial charge in [0.05, 0.1) is 4.90 Å². The summed E-state index contributed by atoms with van der Waals surface area (Å²) in [6.07, 6.45) is 0. The Balaban J connectivity index is 2.49. The first-order valence-corrected chi connectivity index (χ1v) is 7.34. The molecule has 0 saturated heterocycles. The number of aromatic nitrogens is 2. The van der Waals surface area contributed by atoms with E-state index in [1.807, 2.05) is 0 Å².